The second-order valence-corrected chi connectivity index (χ2v) is 7.10. The third-order valence-corrected chi connectivity index (χ3v) is 4.90. The Kier molecular flexibility index (Phi) is 5.52. The number of hydrogen-bond acceptors (Lipinski definition) is 4. The van der Waals surface area contributed by atoms with E-state index in [0.717, 1.165) is 26.6 Å². The first-order chi connectivity index (χ1) is 11.6. The molecule has 7 heteroatoms. The summed E-state index contributed by atoms with van der Waals surface area (Å²) in [6.07, 6.45) is 0. The Labute approximate surface area is 152 Å². The fourth-order valence-electron chi connectivity index (χ4n) is 2.16. The predicted octanol–water partition coefficient (Wildman–Crippen LogP) is 4.52. The first-order valence-corrected chi connectivity index (χ1v) is 9.17. The molecule has 0 aliphatic carbocycles. The predicted molar refractivity (Wildman–Crippen MR) is 97.9 cm³/mol. The number of hydrogen-bond donors (Lipinski definition) is 1. The quantitative estimate of drug-likeness (QED) is 0.610. The number of nitrogens with zero attached hydrogens (tertiary/aromatic N) is 3. The van der Waals surface area contributed by atoms with Gasteiger partial charge >= 0.3 is 0 Å². The summed E-state index contributed by atoms with van der Waals surface area (Å²) in [5, 5.41) is 9.13. The van der Waals surface area contributed by atoms with Crippen molar-refractivity contribution in [2.75, 3.05) is 5.43 Å². The van der Waals surface area contributed by atoms with E-state index in [-0.39, 0.29) is 5.82 Å². The molecule has 0 atom stereocenters. The van der Waals surface area contributed by atoms with Crippen molar-refractivity contribution in [3.05, 3.63) is 75.8 Å². The molecule has 3 aromatic rings. The number of halogens is 2. The molecule has 4 nitrogen and oxygen atoms in total. The molecule has 1 aromatic heterocycles. The SMILES string of the molecule is Cc1nnc(SCc2ccc(F)cc2)n1NCc1cccc(Br)c1. The Bertz CT molecular complexity index is 820. The van der Waals surface area contributed by atoms with Crippen LogP contribution in [0.5, 0.6) is 0 Å². The lowest BCUT2D eigenvalue weighted by Gasteiger charge is -2.11. The van der Waals surface area contributed by atoms with Crippen molar-refractivity contribution in [3.8, 4) is 0 Å². The standard InChI is InChI=1S/C17H16BrFN4S/c1-12-21-22-17(24-11-13-5-7-16(19)8-6-13)23(12)20-10-14-3-2-4-15(18)9-14/h2-9,20H,10-11H2,1H3. The molecule has 2 aromatic carbocycles. The Hall–Kier alpha value is -1.86. The van der Waals surface area contributed by atoms with E-state index in [2.05, 4.69) is 43.7 Å². The normalized spacial score (nSPS) is 10.8. The van der Waals surface area contributed by atoms with Crippen LogP contribution in [0.15, 0.2) is 58.2 Å². The molecule has 0 aliphatic rings. The number of benzene rings is 2. The summed E-state index contributed by atoms with van der Waals surface area (Å²) < 4.78 is 15.9. The molecule has 0 aliphatic heterocycles. The van der Waals surface area contributed by atoms with Crippen LogP contribution in [0.4, 0.5) is 4.39 Å². The zero-order chi connectivity index (χ0) is 16.9. The summed E-state index contributed by atoms with van der Waals surface area (Å²) in [5.74, 6) is 1.28. The maximum Gasteiger partial charge on any atom is 0.210 e. The van der Waals surface area contributed by atoms with Gasteiger partial charge in [0.05, 0.1) is 6.54 Å². The molecule has 0 amide bonds. The minimum atomic E-state index is -0.224. The number of rotatable bonds is 6. The largest absolute Gasteiger partial charge is 0.318 e. The van der Waals surface area contributed by atoms with Gasteiger partial charge in [0.15, 0.2) is 0 Å². The van der Waals surface area contributed by atoms with Crippen LogP contribution >= 0.6 is 27.7 Å². The second-order valence-electron chi connectivity index (χ2n) is 5.25. The highest BCUT2D eigenvalue weighted by atomic mass is 79.9. The molecule has 1 heterocycles. The average Bonchev–Trinajstić information content (AvgIpc) is 2.92. The van der Waals surface area contributed by atoms with Gasteiger partial charge in [0.25, 0.3) is 0 Å². The van der Waals surface area contributed by atoms with E-state index in [1.165, 1.54) is 12.1 Å². The van der Waals surface area contributed by atoms with Crippen LogP contribution in [0.25, 0.3) is 0 Å². The average molecular weight is 407 g/mol. The van der Waals surface area contributed by atoms with Gasteiger partial charge in [-0.3, -0.25) is 0 Å². The van der Waals surface area contributed by atoms with Crippen LogP contribution in [0.3, 0.4) is 0 Å². The van der Waals surface area contributed by atoms with Gasteiger partial charge in [-0.25, -0.2) is 9.07 Å². The van der Waals surface area contributed by atoms with Crippen molar-refractivity contribution < 1.29 is 4.39 Å². The lowest BCUT2D eigenvalue weighted by molar-refractivity contribution is 0.627. The van der Waals surface area contributed by atoms with E-state index >= 15 is 0 Å². The molecule has 24 heavy (non-hydrogen) atoms. The molecule has 0 radical (unpaired) electrons. The van der Waals surface area contributed by atoms with Crippen molar-refractivity contribution in [2.24, 2.45) is 0 Å². The molecule has 124 valence electrons. The topological polar surface area (TPSA) is 42.7 Å². The van der Waals surface area contributed by atoms with Gasteiger partial charge in [0, 0.05) is 10.2 Å². The minimum absolute atomic E-state index is 0.224. The van der Waals surface area contributed by atoms with E-state index in [9.17, 15) is 4.39 Å². The highest BCUT2D eigenvalue weighted by Crippen LogP contribution is 2.21. The van der Waals surface area contributed by atoms with E-state index in [4.69, 9.17) is 0 Å². The molecule has 1 N–H and O–H groups in total. The van der Waals surface area contributed by atoms with Gasteiger partial charge in [-0.15, -0.1) is 10.2 Å². The molecule has 0 saturated carbocycles. The molecule has 0 saturated heterocycles. The van der Waals surface area contributed by atoms with Crippen molar-refractivity contribution >= 4 is 27.7 Å². The number of aromatic nitrogens is 3. The zero-order valence-electron chi connectivity index (χ0n) is 13.0. The van der Waals surface area contributed by atoms with Crippen molar-refractivity contribution in [1.82, 2.24) is 14.9 Å². The minimum Gasteiger partial charge on any atom is -0.318 e. The molecule has 0 spiro atoms. The highest BCUT2D eigenvalue weighted by Gasteiger charge is 2.09. The molecule has 0 fully saturated rings. The van der Waals surface area contributed by atoms with Crippen LogP contribution in [0.1, 0.15) is 17.0 Å². The maximum absolute atomic E-state index is 13.0. The monoisotopic (exact) mass is 406 g/mol. The van der Waals surface area contributed by atoms with E-state index < -0.39 is 0 Å². The zero-order valence-corrected chi connectivity index (χ0v) is 15.4. The first-order valence-electron chi connectivity index (χ1n) is 7.39. The first kappa shape index (κ1) is 17.0. The third-order valence-electron chi connectivity index (χ3n) is 3.41. The van der Waals surface area contributed by atoms with Crippen molar-refractivity contribution in [2.45, 2.75) is 24.4 Å². The van der Waals surface area contributed by atoms with Crippen molar-refractivity contribution in [1.29, 1.82) is 0 Å². The lowest BCUT2D eigenvalue weighted by Crippen LogP contribution is -2.17. The van der Waals surface area contributed by atoms with Gasteiger partial charge in [0.1, 0.15) is 11.6 Å². The molecular weight excluding hydrogens is 391 g/mol. The second kappa shape index (κ2) is 7.81. The number of nitrogens with one attached hydrogen (secondary N) is 1. The smallest absolute Gasteiger partial charge is 0.210 e. The fourth-order valence-corrected chi connectivity index (χ4v) is 3.52. The van der Waals surface area contributed by atoms with Crippen LogP contribution < -0.4 is 5.43 Å². The maximum atomic E-state index is 13.0. The van der Waals surface area contributed by atoms with Gasteiger partial charge in [-0.2, -0.15) is 0 Å². The van der Waals surface area contributed by atoms with Gasteiger partial charge < -0.3 is 5.43 Å². The molecule has 3 rings (SSSR count). The van der Waals surface area contributed by atoms with Crippen LogP contribution in [-0.4, -0.2) is 14.9 Å². The molecule has 0 unspecified atom stereocenters. The van der Waals surface area contributed by atoms with Gasteiger partial charge in [0.2, 0.25) is 5.16 Å². The number of aryl methyl sites for hydroxylation is 1. The molecule has 0 bridgehead atoms. The lowest BCUT2D eigenvalue weighted by atomic mass is 10.2. The van der Waals surface area contributed by atoms with Gasteiger partial charge in [-0.1, -0.05) is 52.0 Å². The summed E-state index contributed by atoms with van der Waals surface area (Å²) in [6.45, 7) is 2.57. The summed E-state index contributed by atoms with van der Waals surface area (Å²) >= 11 is 5.04. The summed E-state index contributed by atoms with van der Waals surface area (Å²) in [4.78, 5) is 0. The Morgan fingerprint density at radius 3 is 2.67 bits per heavy atom. The Morgan fingerprint density at radius 2 is 1.92 bits per heavy atom. The Balaban J connectivity index is 1.66. The van der Waals surface area contributed by atoms with Crippen LogP contribution in [-0.2, 0) is 12.3 Å². The Morgan fingerprint density at radius 1 is 1.12 bits per heavy atom. The summed E-state index contributed by atoms with van der Waals surface area (Å²) in [6, 6.07) is 14.6. The van der Waals surface area contributed by atoms with E-state index in [0.29, 0.717) is 12.3 Å². The third kappa shape index (κ3) is 4.36. The highest BCUT2D eigenvalue weighted by molar-refractivity contribution is 9.10. The number of thioether (sulfide) groups is 1. The summed E-state index contributed by atoms with van der Waals surface area (Å²) in [5.41, 5.74) is 5.54. The summed E-state index contributed by atoms with van der Waals surface area (Å²) in [7, 11) is 0. The molecular formula is C17H16BrFN4S. The fraction of sp³-hybridized carbons (Fsp3) is 0.176. The van der Waals surface area contributed by atoms with Crippen LogP contribution in [0, 0.1) is 12.7 Å². The van der Waals surface area contributed by atoms with Gasteiger partial charge in [-0.05, 0) is 42.3 Å². The van der Waals surface area contributed by atoms with E-state index in [1.807, 2.05) is 23.7 Å². The van der Waals surface area contributed by atoms with E-state index in [1.54, 1.807) is 23.9 Å². The van der Waals surface area contributed by atoms with Crippen molar-refractivity contribution in [3.63, 3.8) is 0 Å². The van der Waals surface area contributed by atoms with Crippen LogP contribution in [0.2, 0.25) is 0 Å².